The van der Waals surface area contributed by atoms with Crippen LogP contribution in [0, 0.1) is 31.0 Å². The third kappa shape index (κ3) is 3.90. The fourth-order valence-electron chi connectivity index (χ4n) is 3.19. The Hall–Kier alpha value is -2.62. The molecule has 5 nitrogen and oxygen atoms in total. The quantitative estimate of drug-likeness (QED) is 0.596. The van der Waals surface area contributed by atoms with Crippen LogP contribution in [0.1, 0.15) is 17.0 Å². The van der Waals surface area contributed by atoms with E-state index in [4.69, 9.17) is 16.3 Å². The number of ether oxygens (including phenoxy) is 1. The summed E-state index contributed by atoms with van der Waals surface area (Å²) in [6.07, 6.45) is 1.60. The summed E-state index contributed by atoms with van der Waals surface area (Å²) in [6.45, 7) is 5.69. The number of halogens is 2. The molecule has 0 spiro atoms. The van der Waals surface area contributed by atoms with E-state index in [-0.39, 0.29) is 16.5 Å². The monoisotopic (exact) mass is 387 g/mol. The maximum Gasteiger partial charge on any atom is 0.264 e. The van der Waals surface area contributed by atoms with Crippen molar-refractivity contribution in [1.29, 1.82) is 5.26 Å². The number of hydrogen-bond acceptors (Lipinski definition) is 3. The predicted octanol–water partition coefficient (Wildman–Crippen LogP) is 3.65. The minimum absolute atomic E-state index is 0.0392. The molecule has 1 aromatic heterocycles. The zero-order valence-corrected chi connectivity index (χ0v) is 15.9. The third-order valence-electron chi connectivity index (χ3n) is 4.58. The summed E-state index contributed by atoms with van der Waals surface area (Å²) in [5, 5.41) is 9.52. The van der Waals surface area contributed by atoms with E-state index in [9.17, 15) is 14.4 Å². The van der Waals surface area contributed by atoms with Crippen LogP contribution in [0.2, 0.25) is 5.02 Å². The highest BCUT2D eigenvalue weighted by Gasteiger charge is 2.21. The highest BCUT2D eigenvalue weighted by Crippen LogP contribution is 2.26. The van der Waals surface area contributed by atoms with E-state index in [0.717, 1.165) is 17.0 Å². The van der Waals surface area contributed by atoms with Crippen molar-refractivity contribution in [1.82, 2.24) is 9.47 Å². The van der Waals surface area contributed by atoms with E-state index < -0.39 is 5.82 Å². The van der Waals surface area contributed by atoms with Crippen LogP contribution in [0.25, 0.3) is 11.8 Å². The lowest BCUT2D eigenvalue weighted by Gasteiger charge is -2.26. The number of rotatable bonds is 3. The Morgan fingerprint density at radius 2 is 2.00 bits per heavy atom. The topological polar surface area (TPSA) is 58.3 Å². The average Bonchev–Trinajstić information content (AvgIpc) is 2.95. The van der Waals surface area contributed by atoms with E-state index in [2.05, 4.69) is 0 Å². The Morgan fingerprint density at radius 3 is 2.63 bits per heavy atom. The molecule has 2 aromatic rings. The van der Waals surface area contributed by atoms with Crippen LogP contribution in [0.15, 0.2) is 29.8 Å². The molecule has 3 rings (SSSR count). The first-order valence-electron chi connectivity index (χ1n) is 8.55. The zero-order chi connectivity index (χ0) is 19.6. The van der Waals surface area contributed by atoms with E-state index in [1.807, 2.05) is 30.6 Å². The van der Waals surface area contributed by atoms with Crippen LogP contribution in [-0.2, 0) is 9.53 Å². The summed E-state index contributed by atoms with van der Waals surface area (Å²) in [7, 11) is 0. The molecule has 1 fully saturated rings. The van der Waals surface area contributed by atoms with E-state index in [1.165, 1.54) is 6.07 Å². The molecule has 1 aliphatic heterocycles. The molecule has 7 heteroatoms. The Labute approximate surface area is 162 Å². The molecule has 1 saturated heterocycles. The molecule has 140 valence electrons. The van der Waals surface area contributed by atoms with Gasteiger partial charge in [0.25, 0.3) is 5.91 Å². The summed E-state index contributed by atoms with van der Waals surface area (Å²) in [6, 6.07) is 8.40. The summed E-state index contributed by atoms with van der Waals surface area (Å²) in [5.74, 6) is -0.777. The molecule has 0 radical (unpaired) electrons. The number of aromatic nitrogens is 1. The second-order valence-corrected chi connectivity index (χ2v) is 6.74. The Bertz CT molecular complexity index is 953. The van der Waals surface area contributed by atoms with Crippen molar-refractivity contribution < 1.29 is 13.9 Å². The van der Waals surface area contributed by atoms with E-state index in [1.54, 1.807) is 23.1 Å². The van der Waals surface area contributed by atoms with Crippen molar-refractivity contribution in [2.45, 2.75) is 13.8 Å². The zero-order valence-electron chi connectivity index (χ0n) is 15.1. The predicted molar refractivity (Wildman–Crippen MR) is 101 cm³/mol. The first-order valence-corrected chi connectivity index (χ1v) is 8.93. The smallest absolute Gasteiger partial charge is 0.264 e. The number of hydrogen-bond donors (Lipinski definition) is 0. The molecule has 0 aliphatic carbocycles. The number of amides is 1. The van der Waals surface area contributed by atoms with Crippen molar-refractivity contribution in [3.63, 3.8) is 0 Å². The molecule has 0 N–H and O–H groups in total. The number of morpholine rings is 1. The van der Waals surface area contributed by atoms with Gasteiger partial charge in [-0.2, -0.15) is 5.26 Å². The van der Waals surface area contributed by atoms with Crippen LogP contribution in [0.5, 0.6) is 0 Å². The fourth-order valence-corrected chi connectivity index (χ4v) is 3.36. The van der Waals surface area contributed by atoms with Gasteiger partial charge in [-0.15, -0.1) is 0 Å². The number of benzene rings is 1. The molecule has 0 bridgehead atoms. The van der Waals surface area contributed by atoms with Crippen molar-refractivity contribution in [2.75, 3.05) is 26.3 Å². The normalized spacial score (nSPS) is 14.9. The summed E-state index contributed by atoms with van der Waals surface area (Å²) in [4.78, 5) is 14.2. The Balaban J connectivity index is 1.97. The summed E-state index contributed by atoms with van der Waals surface area (Å²) in [5.41, 5.74) is 3.27. The molecular weight excluding hydrogens is 369 g/mol. The van der Waals surface area contributed by atoms with E-state index in [0.29, 0.717) is 32.0 Å². The molecule has 1 aromatic carbocycles. The lowest BCUT2D eigenvalue weighted by atomic mass is 10.1. The standard InChI is InChI=1S/C20H19ClFN3O2/c1-13-9-15(10-16(12-23)20(26)24-5-7-27-8-6-24)14(2)25(13)17-3-4-19(22)18(21)11-17/h3-4,9-11H,5-8H2,1-2H3/b16-10-. The van der Waals surface area contributed by atoms with Gasteiger partial charge in [0.05, 0.1) is 18.2 Å². The fraction of sp³-hybridized carbons (Fsp3) is 0.300. The van der Waals surface area contributed by atoms with Gasteiger partial charge in [0.1, 0.15) is 17.5 Å². The van der Waals surface area contributed by atoms with Crippen LogP contribution in [0.4, 0.5) is 4.39 Å². The van der Waals surface area contributed by atoms with Crippen molar-refractivity contribution in [2.24, 2.45) is 0 Å². The van der Waals surface area contributed by atoms with Gasteiger partial charge >= 0.3 is 0 Å². The van der Waals surface area contributed by atoms with Crippen LogP contribution in [0.3, 0.4) is 0 Å². The van der Waals surface area contributed by atoms with Gasteiger partial charge in [-0.1, -0.05) is 11.6 Å². The van der Waals surface area contributed by atoms with Gasteiger partial charge < -0.3 is 14.2 Å². The molecule has 0 atom stereocenters. The largest absolute Gasteiger partial charge is 0.378 e. The lowest BCUT2D eigenvalue weighted by Crippen LogP contribution is -2.41. The second-order valence-electron chi connectivity index (χ2n) is 6.33. The lowest BCUT2D eigenvalue weighted by molar-refractivity contribution is -0.130. The summed E-state index contributed by atoms with van der Waals surface area (Å²) < 4.78 is 20.6. The SMILES string of the molecule is Cc1cc(/C=C(/C#N)C(=O)N2CCOCC2)c(C)n1-c1ccc(F)c(Cl)c1. The third-order valence-corrected chi connectivity index (χ3v) is 4.87. The highest BCUT2D eigenvalue weighted by atomic mass is 35.5. The van der Waals surface area contributed by atoms with Crippen LogP contribution in [-0.4, -0.2) is 41.7 Å². The molecule has 2 heterocycles. The van der Waals surface area contributed by atoms with Crippen molar-refractivity contribution in [3.05, 3.63) is 57.6 Å². The molecule has 27 heavy (non-hydrogen) atoms. The first kappa shape index (κ1) is 19.2. The van der Waals surface area contributed by atoms with Crippen LogP contribution < -0.4 is 0 Å². The second kappa shape index (κ2) is 7.95. The molecule has 0 unspecified atom stereocenters. The van der Waals surface area contributed by atoms with Gasteiger partial charge in [0.15, 0.2) is 0 Å². The number of carbonyl (C=O) groups is 1. The Kier molecular flexibility index (Phi) is 5.64. The van der Waals surface area contributed by atoms with E-state index >= 15 is 0 Å². The number of nitrogens with zero attached hydrogens (tertiary/aromatic N) is 3. The minimum Gasteiger partial charge on any atom is -0.378 e. The molecular formula is C20H19ClFN3O2. The maximum atomic E-state index is 13.5. The number of nitriles is 1. The average molecular weight is 388 g/mol. The van der Waals surface area contributed by atoms with Crippen LogP contribution >= 0.6 is 11.6 Å². The maximum absolute atomic E-state index is 13.5. The van der Waals surface area contributed by atoms with Gasteiger partial charge in [0, 0.05) is 30.2 Å². The van der Waals surface area contributed by atoms with Gasteiger partial charge in [-0.25, -0.2) is 4.39 Å². The van der Waals surface area contributed by atoms with Gasteiger partial charge in [-0.05, 0) is 49.8 Å². The van der Waals surface area contributed by atoms with Gasteiger partial charge in [-0.3, -0.25) is 4.79 Å². The first-order chi connectivity index (χ1) is 12.9. The van der Waals surface area contributed by atoms with Gasteiger partial charge in [0.2, 0.25) is 0 Å². The summed E-state index contributed by atoms with van der Waals surface area (Å²) >= 11 is 5.91. The minimum atomic E-state index is -0.481. The van der Waals surface area contributed by atoms with Crippen molar-refractivity contribution >= 4 is 23.6 Å². The number of carbonyl (C=O) groups excluding carboxylic acids is 1. The molecule has 1 aliphatic rings. The molecule has 0 saturated carbocycles. The highest BCUT2D eigenvalue weighted by molar-refractivity contribution is 6.30. The Morgan fingerprint density at radius 1 is 1.30 bits per heavy atom. The van der Waals surface area contributed by atoms with Crippen molar-refractivity contribution in [3.8, 4) is 11.8 Å². The molecule has 1 amide bonds. The number of aryl methyl sites for hydroxylation is 1.